The SMILES string of the molecule is O=C(NC1CCN(CCc2ccccc2)CC1)N1CCC(F)(F)CC1. The number of piperidine rings is 2. The van der Waals surface area contributed by atoms with Gasteiger partial charge in [-0.1, -0.05) is 30.3 Å². The highest BCUT2D eigenvalue weighted by molar-refractivity contribution is 5.74. The summed E-state index contributed by atoms with van der Waals surface area (Å²) in [6, 6.07) is 10.4. The van der Waals surface area contributed by atoms with Gasteiger partial charge in [-0.05, 0) is 24.8 Å². The number of halogens is 2. The highest BCUT2D eigenvalue weighted by atomic mass is 19.3. The van der Waals surface area contributed by atoms with Gasteiger partial charge in [-0.3, -0.25) is 0 Å². The second-order valence-electron chi connectivity index (χ2n) is 7.14. The minimum Gasteiger partial charge on any atom is -0.335 e. The molecule has 2 aliphatic heterocycles. The van der Waals surface area contributed by atoms with Crippen molar-refractivity contribution in [2.24, 2.45) is 0 Å². The Hall–Kier alpha value is -1.69. The molecule has 0 bridgehead atoms. The van der Waals surface area contributed by atoms with E-state index in [1.54, 1.807) is 0 Å². The summed E-state index contributed by atoms with van der Waals surface area (Å²) in [6.07, 6.45) is 2.44. The molecule has 0 atom stereocenters. The maximum atomic E-state index is 13.2. The van der Waals surface area contributed by atoms with Crippen molar-refractivity contribution in [2.45, 2.75) is 44.1 Å². The third-order valence-corrected chi connectivity index (χ3v) is 5.26. The molecule has 2 fully saturated rings. The van der Waals surface area contributed by atoms with Crippen LogP contribution in [0.1, 0.15) is 31.2 Å². The third-order valence-electron chi connectivity index (χ3n) is 5.26. The molecule has 0 saturated carbocycles. The highest BCUT2D eigenvalue weighted by Crippen LogP contribution is 2.27. The van der Waals surface area contributed by atoms with E-state index in [2.05, 4.69) is 34.5 Å². The molecule has 25 heavy (non-hydrogen) atoms. The van der Waals surface area contributed by atoms with Crippen LogP contribution in [-0.4, -0.2) is 60.5 Å². The second-order valence-corrected chi connectivity index (χ2v) is 7.14. The number of benzene rings is 1. The summed E-state index contributed by atoms with van der Waals surface area (Å²) in [5.41, 5.74) is 1.35. The van der Waals surface area contributed by atoms with Gasteiger partial charge in [0.1, 0.15) is 0 Å². The van der Waals surface area contributed by atoms with Crippen molar-refractivity contribution in [3.63, 3.8) is 0 Å². The fraction of sp³-hybridized carbons (Fsp3) is 0.632. The van der Waals surface area contributed by atoms with Gasteiger partial charge in [0.2, 0.25) is 0 Å². The summed E-state index contributed by atoms with van der Waals surface area (Å²) < 4.78 is 26.3. The van der Waals surface area contributed by atoms with Crippen LogP contribution >= 0.6 is 0 Å². The van der Waals surface area contributed by atoms with Crippen molar-refractivity contribution < 1.29 is 13.6 Å². The van der Waals surface area contributed by atoms with Crippen LogP contribution in [0.4, 0.5) is 13.6 Å². The van der Waals surface area contributed by atoms with Crippen molar-refractivity contribution in [1.82, 2.24) is 15.1 Å². The van der Waals surface area contributed by atoms with Crippen LogP contribution in [0, 0.1) is 0 Å². The zero-order valence-corrected chi connectivity index (χ0v) is 14.6. The van der Waals surface area contributed by atoms with Crippen LogP contribution < -0.4 is 5.32 Å². The topological polar surface area (TPSA) is 35.6 Å². The first kappa shape index (κ1) is 18.1. The van der Waals surface area contributed by atoms with E-state index < -0.39 is 5.92 Å². The molecule has 2 aliphatic rings. The van der Waals surface area contributed by atoms with Crippen LogP contribution in [0.5, 0.6) is 0 Å². The summed E-state index contributed by atoms with van der Waals surface area (Å²) in [7, 11) is 0. The molecule has 0 aliphatic carbocycles. The van der Waals surface area contributed by atoms with Crippen molar-refractivity contribution in [3.8, 4) is 0 Å². The fourth-order valence-electron chi connectivity index (χ4n) is 3.54. The lowest BCUT2D eigenvalue weighted by molar-refractivity contribution is -0.0471. The van der Waals surface area contributed by atoms with Crippen molar-refractivity contribution in [3.05, 3.63) is 35.9 Å². The molecule has 3 rings (SSSR count). The summed E-state index contributed by atoms with van der Waals surface area (Å²) in [6.45, 7) is 3.26. The average molecular weight is 351 g/mol. The molecule has 0 radical (unpaired) electrons. The first-order valence-corrected chi connectivity index (χ1v) is 9.21. The second kappa shape index (κ2) is 8.13. The van der Waals surface area contributed by atoms with Gasteiger partial charge in [0.25, 0.3) is 5.92 Å². The number of hydrogen-bond acceptors (Lipinski definition) is 2. The van der Waals surface area contributed by atoms with Crippen LogP contribution in [0.25, 0.3) is 0 Å². The van der Waals surface area contributed by atoms with E-state index in [4.69, 9.17) is 0 Å². The van der Waals surface area contributed by atoms with E-state index in [-0.39, 0.29) is 38.0 Å². The Morgan fingerprint density at radius 3 is 2.36 bits per heavy atom. The van der Waals surface area contributed by atoms with Crippen LogP contribution in [0.3, 0.4) is 0 Å². The maximum Gasteiger partial charge on any atom is 0.317 e. The Morgan fingerprint density at radius 1 is 1.08 bits per heavy atom. The lowest BCUT2D eigenvalue weighted by Gasteiger charge is -2.36. The number of carbonyl (C=O) groups is 1. The predicted octanol–water partition coefficient (Wildman–Crippen LogP) is 3.13. The molecular formula is C19H27F2N3O. The molecule has 0 unspecified atom stereocenters. The predicted molar refractivity (Wildman–Crippen MR) is 93.9 cm³/mol. The number of nitrogens with one attached hydrogen (secondary N) is 1. The van der Waals surface area contributed by atoms with Crippen LogP contribution in [0.15, 0.2) is 30.3 Å². The standard InChI is InChI=1S/C19H27F2N3O/c20-19(21)9-14-24(15-10-19)18(25)22-17-7-12-23(13-8-17)11-6-16-4-2-1-3-5-16/h1-5,17H,6-15H2,(H,22,25). The molecule has 0 spiro atoms. The number of likely N-dealkylation sites (tertiary alicyclic amines) is 2. The Balaban J connectivity index is 1.35. The Morgan fingerprint density at radius 2 is 1.72 bits per heavy atom. The normalized spacial score (nSPS) is 21.9. The summed E-state index contributed by atoms with van der Waals surface area (Å²) in [5, 5.41) is 3.03. The van der Waals surface area contributed by atoms with Gasteiger partial charge >= 0.3 is 6.03 Å². The van der Waals surface area contributed by atoms with Gasteiger partial charge in [-0.15, -0.1) is 0 Å². The monoisotopic (exact) mass is 351 g/mol. The molecule has 1 aromatic carbocycles. The maximum absolute atomic E-state index is 13.2. The first-order chi connectivity index (χ1) is 12.0. The number of rotatable bonds is 4. The summed E-state index contributed by atoms with van der Waals surface area (Å²) >= 11 is 0. The number of nitrogens with zero attached hydrogens (tertiary/aromatic N) is 2. The van der Waals surface area contributed by atoms with Gasteiger partial charge in [0.05, 0.1) is 0 Å². The van der Waals surface area contributed by atoms with Gasteiger partial charge in [0, 0.05) is 51.6 Å². The van der Waals surface area contributed by atoms with E-state index in [1.165, 1.54) is 10.5 Å². The lowest BCUT2D eigenvalue weighted by atomic mass is 10.0. The molecular weight excluding hydrogens is 324 g/mol. The zero-order chi connectivity index (χ0) is 17.7. The Kier molecular flexibility index (Phi) is 5.89. The van der Waals surface area contributed by atoms with Crippen LogP contribution in [0.2, 0.25) is 0 Å². The Labute approximate surface area is 148 Å². The number of urea groups is 1. The molecule has 0 aromatic heterocycles. The van der Waals surface area contributed by atoms with Gasteiger partial charge in [0.15, 0.2) is 0 Å². The minimum absolute atomic E-state index is 0.148. The molecule has 1 N–H and O–H groups in total. The molecule has 6 heteroatoms. The van der Waals surface area contributed by atoms with Crippen LogP contribution in [-0.2, 0) is 6.42 Å². The number of carbonyl (C=O) groups excluding carboxylic acids is 1. The Bertz CT molecular complexity index is 549. The first-order valence-electron chi connectivity index (χ1n) is 9.21. The molecule has 2 heterocycles. The van der Waals surface area contributed by atoms with E-state index in [1.807, 2.05) is 6.07 Å². The largest absolute Gasteiger partial charge is 0.335 e. The van der Waals surface area contributed by atoms with Gasteiger partial charge in [-0.2, -0.15) is 0 Å². The van der Waals surface area contributed by atoms with Crippen molar-refractivity contribution in [1.29, 1.82) is 0 Å². The summed E-state index contributed by atoms with van der Waals surface area (Å²) in [4.78, 5) is 16.2. The van der Waals surface area contributed by atoms with E-state index >= 15 is 0 Å². The van der Waals surface area contributed by atoms with E-state index in [0.717, 1.165) is 38.9 Å². The minimum atomic E-state index is -2.61. The number of alkyl halides is 2. The molecule has 2 amide bonds. The van der Waals surface area contributed by atoms with Crippen molar-refractivity contribution >= 4 is 6.03 Å². The highest BCUT2D eigenvalue weighted by Gasteiger charge is 2.36. The zero-order valence-electron chi connectivity index (χ0n) is 14.6. The molecule has 4 nitrogen and oxygen atoms in total. The van der Waals surface area contributed by atoms with Crippen molar-refractivity contribution in [2.75, 3.05) is 32.7 Å². The number of hydrogen-bond donors (Lipinski definition) is 1. The van der Waals surface area contributed by atoms with E-state index in [9.17, 15) is 13.6 Å². The summed E-state index contributed by atoms with van der Waals surface area (Å²) in [5.74, 6) is -2.61. The number of amides is 2. The van der Waals surface area contributed by atoms with E-state index in [0.29, 0.717) is 0 Å². The lowest BCUT2D eigenvalue weighted by Crippen LogP contribution is -2.52. The molecule has 1 aromatic rings. The molecule has 138 valence electrons. The molecule has 2 saturated heterocycles. The third kappa shape index (κ3) is 5.39. The average Bonchev–Trinajstić information content (AvgIpc) is 2.62. The van der Waals surface area contributed by atoms with Gasteiger partial charge in [-0.25, -0.2) is 13.6 Å². The smallest absolute Gasteiger partial charge is 0.317 e. The van der Waals surface area contributed by atoms with Gasteiger partial charge < -0.3 is 15.1 Å². The quantitative estimate of drug-likeness (QED) is 0.905. The fourth-order valence-corrected chi connectivity index (χ4v) is 3.54.